The van der Waals surface area contributed by atoms with E-state index in [1.807, 2.05) is 36.5 Å². The molecule has 8 nitrogen and oxygen atoms in total. The van der Waals surface area contributed by atoms with E-state index in [4.69, 9.17) is 18.9 Å². The van der Waals surface area contributed by atoms with Crippen molar-refractivity contribution in [3.63, 3.8) is 0 Å². The molecule has 34 heavy (non-hydrogen) atoms. The molecule has 2 aromatic heterocycles. The van der Waals surface area contributed by atoms with Gasteiger partial charge >= 0.3 is 11.9 Å². The van der Waals surface area contributed by atoms with E-state index >= 15 is 0 Å². The van der Waals surface area contributed by atoms with Crippen molar-refractivity contribution in [3.05, 3.63) is 70.7 Å². The average Bonchev–Trinajstić information content (AvgIpc) is 3.55. The molecule has 0 saturated carbocycles. The highest BCUT2D eigenvalue weighted by molar-refractivity contribution is 5.96. The minimum Gasteiger partial charge on any atom is -0.493 e. The minimum absolute atomic E-state index is 0.341. The zero-order chi connectivity index (χ0) is 23.7. The Morgan fingerprint density at radius 2 is 1.97 bits per heavy atom. The quantitative estimate of drug-likeness (QED) is 0.557. The number of allylic oxidation sites excluding steroid dienone is 2. The Kier molecular flexibility index (Phi) is 5.88. The fourth-order valence-corrected chi connectivity index (χ4v) is 4.56. The predicted octanol–water partition coefficient (Wildman–Crippen LogP) is 4.08. The van der Waals surface area contributed by atoms with Crippen LogP contribution >= 0.6 is 0 Å². The molecule has 4 heterocycles. The molecule has 0 radical (unpaired) electrons. The summed E-state index contributed by atoms with van der Waals surface area (Å²) in [6.07, 6.45) is 8.91. The second-order valence-electron chi connectivity index (χ2n) is 8.28. The number of esters is 2. The van der Waals surface area contributed by atoms with Crippen LogP contribution in [0.4, 0.5) is 0 Å². The Morgan fingerprint density at radius 3 is 2.79 bits per heavy atom. The number of carbonyl (C=O) groups is 2. The number of benzene rings is 1. The van der Waals surface area contributed by atoms with Crippen molar-refractivity contribution in [1.29, 1.82) is 0 Å². The third-order valence-corrected chi connectivity index (χ3v) is 6.26. The third-order valence-electron chi connectivity index (χ3n) is 6.26. The summed E-state index contributed by atoms with van der Waals surface area (Å²) in [6, 6.07) is 7.72. The van der Waals surface area contributed by atoms with Crippen molar-refractivity contribution >= 4 is 28.6 Å². The van der Waals surface area contributed by atoms with E-state index in [2.05, 4.69) is 9.97 Å². The van der Waals surface area contributed by atoms with Gasteiger partial charge in [0, 0.05) is 28.4 Å². The molecule has 6 rings (SSSR count). The number of hydrogen-bond acceptors (Lipinski definition) is 6. The first-order valence-electron chi connectivity index (χ1n) is 11.3. The maximum absolute atomic E-state index is 11.5. The van der Waals surface area contributed by atoms with E-state index < -0.39 is 6.10 Å². The number of hydrogen-bond donors (Lipinski definition) is 2. The van der Waals surface area contributed by atoms with Gasteiger partial charge in [0.1, 0.15) is 17.2 Å². The highest BCUT2D eigenvalue weighted by Gasteiger charge is 2.29. The molecule has 0 spiro atoms. The number of aromatic amines is 2. The normalized spacial score (nSPS) is 17.9. The number of nitrogens with one attached hydrogen (secondary N) is 2. The average molecular weight is 463 g/mol. The molecule has 2 N–H and O–H groups in total. The van der Waals surface area contributed by atoms with Crippen LogP contribution in [0.25, 0.3) is 16.7 Å². The molecule has 0 saturated heterocycles. The van der Waals surface area contributed by atoms with Crippen LogP contribution in [0, 0.1) is 0 Å². The molecule has 2 aliphatic heterocycles. The van der Waals surface area contributed by atoms with Crippen LogP contribution in [-0.4, -0.2) is 48.8 Å². The van der Waals surface area contributed by atoms with Gasteiger partial charge < -0.3 is 28.9 Å². The van der Waals surface area contributed by atoms with Gasteiger partial charge in [-0.25, -0.2) is 9.59 Å². The van der Waals surface area contributed by atoms with Crippen molar-refractivity contribution in [2.24, 2.45) is 0 Å². The molecule has 1 aliphatic carbocycles. The number of ether oxygens (including phenoxy) is 4. The van der Waals surface area contributed by atoms with E-state index in [9.17, 15) is 9.59 Å². The largest absolute Gasteiger partial charge is 0.493 e. The summed E-state index contributed by atoms with van der Waals surface area (Å²) < 4.78 is 20.7. The first kappa shape index (κ1) is 21.9. The standard InChI is InChI=1S/2C13H13NO3/c1-16-13(15)11-5-3-8-2-4-10-9(6-7-14-10)12(8)17-11;1-16-13(15)10-7-8-4-5-11-9(12(8)14-10)3-2-6-17-11/h3,5-7,11,14H,2,4H2,1H3;4-5,7,14H,2-3,6H2,1H3. The number of H-pyrrole nitrogens is 2. The summed E-state index contributed by atoms with van der Waals surface area (Å²) in [5.74, 6) is 1.02. The first-order valence-corrected chi connectivity index (χ1v) is 11.3. The number of methoxy groups -OCH3 is 2. The molecule has 3 aliphatic rings. The number of carbonyl (C=O) groups excluding carboxylic acids is 2. The molecule has 3 aromatic rings. The summed E-state index contributed by atoms with van der Waals surface area (Å²) in [4.78, 5) is 29.2. The molecule has 176 valence electrons. The number of fused-ring (bicyclic) bond motifs is 5. The molecule has 0 amide bonds. The second kappa shape index (κ2) is 9.13. The van der Waals surface area contributed by atoms with Crippen molar-refractivity contribution in [2.45, 2.75) is 31.8 Å². The van der Waals surface area contributed by atoms with E-state index in [0.29, 0.717) is 5.69 Å². The Morgan fingerprint density at radius 1 is 1.09 bits per heavy atom. The van der Waals surface area contributed by atoms with Gasteiger partial charge in [-0.3, -0.25) is 0 Å². The SMILES string of the molecule is COC(=O)C1C=CC2=C(O1)c1cc[nH]c1CC2.COC(=O)c1cc2ccc3c(c2[nH]1)CCCO3. The maximum atomic E-state index is 11.5. The van der Waals surface area contributed by atoms with Crippen LogP contribution in [0.3, 0.4) is 0 Å². The number of aryl methyl sites for hydroxylation is 2. The molecule has 1 aromatic carbocycles. The fraction of sp³-hybridized carbons (Fsp3) is 0.308. The summed E-state index contributed by atoms with van der Waals surface area (Å²) >= 11 is 0. The molecule has 0 bridgehead atoms. The van der Waals surface area contributed by atoms with Crippen LogP contribution in [0.5, 0.6) is 5.75 Å². The van der Waals surface area contributed by atoms with Gasteiger partial charge in [0.05, 0.1) is 26.3 Å². The Labute approximate surface area is 196 Å². The summed E-state index contributed by atoms with van der Waals surface area (Å²) in [7, 11) is 2.75. The zero-order valence-electron chi connectivity index (χ0n) is 19.1. The lowest BCUT2D eigenvalue weighted by atomic mass is 9.93. The minimum atomic E-state index is -0.625. The lowest BCUT2D eigenvalue weighted by molar-refractivity contribution is -0.147. The van der Waals surface area contributed by atoms with Gasteiger partial charge in [0.2, 0.25) is 6.10 Å². The van der Waals surface area contributed by atoms with Crippen molar-refractivity contribution in [3.8, 4) is 5.75 Å². The highest BCUT2D eigenvalue weighted by atomic mass is 16.6. The molecule has 0 fully saturated rings. The highest BCUT2D eigenvalue weighted by Crippen LogP contribution is 2.36. The summed E-state index contributed by atoms with van der Waals surface area (Å²) in [6.45, 7) is 0.767. The van der Waals surface area contributed by atoms with Crippen molar-refractivity contribution in [1.82, 2.24) is 9.97 Å². The second-order valence-corrected chi connectivity index (χ2v) is 8.28. The Bertz CT molecular complexity index is 1310. The molecule has 1 atom stereocenters. The number of aromatic nitrogens is 2. The van der Waals surface area contributed by atoms with Gasteiger partial charge in [0.25, 0.3) is 0 Å². The van der Waals surface area contributed by atoms with Gasteiger partial charge in [-0.05, 0) is 61.6 Å². The van der Waals surface area contributed by atoms with Crippen LogP contribution < -0.4 is 4.74 Å². The monoisotopic (exact) mass is 462 g/mol. The summed E-state index contributed by atoms with van der Waals surface area (Å²) in [5.41, 5.74) is 6.01. The van der Waals surface area contributed by atoms with E-state index in [1.54, 1.807) is 6.08 Å². The van der Waals surface area contributed by atoms with Gasteiger partial charge in [-0.15, -0.1) is 0 Å². The lowest BCUT2D eigenvalue weighted by Gasteiger charge is -2.26. The molecule has 8 heteroatoms. The number of rotatable bonds is 2. The molecular formula is C26H26N2O6. The topological polar surface area (TPSA) is 103 Å². The molecule has 1 unspecified atom stereocenters. The van der Waals surface area contributed by atoms with Gasteiger partial charge in [0.15, 0.2) is 0 Å². The van der Waals surface area contributed by atoms with Crippen LogP contribution in [0.1, 0.15) is 40.2 Å². The van der Waals surface area contributed by atoms with Crippen LogP contribution in [-0.2, 0) is 31.8 Å². The van der Waals surface area contributed by atoms with E-state index in [1.165, 1.54) is 19.9 Å². The summed E-state index contributed by atoms with van der Waals surface area (Å²) in [5, 5.41) is 1.02. The van der Waals surface area contributed by atoms with Crippen molar-refractivity contribution < 1.29 is 28.5 Å². The van der Waals surface area contributed by atoms with Crippen molar-refractivity contribution in [2.75, 3.05) is 20.8 Å². The third kappa shape index (κ3) is 3.96. The fourth-order valence-electron chi connectivity index (χ4n) is 4.56. The first-order chi connectivity index (χ1) is 16.6. The van der Waals surface area contributed by atoms with Crippen LogP contribution in [0.15, 0.2) is 48.2 Å². The lowest BCUT2D eigenvalue weighted by Crippen LogP contribution is -2.26. The van der Waals surface area contributed by atoms with Crippen LogP contribution in [0.2, 0.25) is 0 Å². The Hall–Kier alpha value is -3.94. The van der Waals surface area contributed by atoms with Gasteiger partial charge in [-0.1, -0.05) is 6.08 Å². The Balaban J connectivity index is 0.000000142. The zero-order valence-corrected chi connectivity index (χ0v) is 19.1. The van der Waals surface area contributed by atoms with E-state index in [-0.39, 0.29) is 11.9 Å². The predicted molar refractivity (Wildman–Crippen MR) is 126 cm³/mol. The molecular weight excluding hydrogens is 436 g/mol. The maximum Gasteiger partial charge on any atom is 0.354 e. The van der Waals surface area contributed by atoms with Gasteiger partial charge in [-0.2, -0.15) is 0 Å². The van der Waals surface area contributed by atoms with E-state index in [0.717, 1.165) is 71.4 Å². The smallest absolute Gasteiger partial charge is 0.354 e.